The van der Waals surface area contributed by atoms with Gasteiger partial charge in [0.2, 0.25) is 0 Å². The van der Waals surface area contributed by atoms with Crippen LogP contribution in [0.3, 0.4) is 0 Å². The van der Waals surface area contributed by atoms with Gasteiger partial charge in [0.05, 0.1) is 6.42 Å². The Labute approximate surface area is 126 Å². The van der Waals surface area contributed by atoms with E-state index in [4.69, 9.17) is 0 Å². The lowest BCUT2D eigenvalue weighted by Crippen LogP contribution is -2.51. The molecule has 0 N–H and O–H groups in total. The lowest BCUT2D eigenvalue weighted by molar-refractivity contribution is -0.320. The molecule has 0 saturated carbocycles. The highest BCUT2D eigenvalue weighted by Crippen LogP contribution is 2.41. The molecule has 3 nitrogen and oxygen atoms in total. The molecule has 0 aromatic rings. The molecular formula is C14H22F5NO2. The van der Waals surface area contributed by atoms with E-state index in [9.17, 15) is 26.7 Å². The first-order valence-corrected chi connectivity index (χ1v) is 7.42. The number of hydrogen-bond acceptors (Lipinski definition) is 3. The summed E-state index contributed by atoms with van der Waals surface area (Å²) in [6.07, 6.45) is -5.33. The number of esters is 1. The van der Waals surface area contributed by atoms with Gasteiger partial charge >= 0.3 is 18.1 Å². The molecule has 130 valence electrons. The first-order valence-electron chi connectivity index (χ1n) is 7.42. The van der Waals surface area contributed by atoms with Crippen LogP contribution in [0.2, 0.25) is 0 Å². The number of halogens is 5. The molecular weight excluding hydrogens is 309 g/mol. The first-order chi connectivity index (χ1) is 10.1. The Hall–Kier alpha value is -0.920. The maximum atomic E-state index is 13.4. The Balaban J connectivity index is 2.57. The first kappa shape index (κ1) is 19.1. The van der Waals surface area contributed by atoms with Crippen molar-refractivity contribution in [3.8, 4) is 0 Å². The summed E-state index contributed by atoms with van der Waals surface area (Å²) in [5.74, 6) is -7.22. The minimum atomic E-state index is -5.74. The summed E-state index contributed by atoms with van der Waals surface area (Å²) < 4.78 is 68.5. The number of hydrogen-bond donors (Lipinski definition) is 0. The summed E-state index contributed by atoms with van der Waals surface area (Å²) in [6.45, 7) is 4.27. The maximum Gasteiger partial charge on any atom is 0.457 e. The lowest BCUT2D eigenvalue weighted by atomic mass is 10.00. The third kappa shape index (κ3) is 5.07. The zero-order valence-corrected chi connectivity index (χ0v) is 12.8. The molecule has 0 amide bonds. The fraction of sp³-hybridized carbons (Fsp3) is 0.929. The molecule has 0 radical (unpaired) electrons. The van der Waals surface area contributed by atoms with Gasteiger partial charge in [0.1, 0.15) is 0 Å². The average Bonchev–Trinajstić information content (AvgIpc) is 2.42. The van der Waals surface area contributed by atoms with Crippen molar-refractivity contribution in [3.05, 3.63) is 0 Å². The van der Waals surface area contributed by atoms with Crippen LogP contribution in [0.15, 0.2) is 0 Å². The van der Waals surface area contributed by atoms with Crippen molar-refractivity contribution in [3.63, 3.8) is 0 Å². The molecule has 1 atom stereocenters. The highest BCUT2D eigenvalue weighted by Gasteiger charge is 2.64. The third-order valence-electron chi connectivity index (χ3n) is 3.68. The van der Waals surface area contributed by atoms with E-state index in [2.05, 4.69) is 4.74 Å². The van der Waals surface area contributed by atoms with E-state index < -0.39 is 30.1 Å². The Bertz CT molecular complexity index is 365. The Morgan fingerprint density at radius 1 is 1.09 bits per heavy atom. The third-order valence-corrected chi connectivity index (χ3v) is 3.68. The van der Waals surface area contributed by atoms with Gasteiger partial charge in [-0.25, -0.2) is 0 Å². The molecule has 1 aliphatic heterocycles. The Morgan fingerprint density at radius 2 is 1.64 bits per heavy atom. The fourth-order valence-corrected chi connectivity index (χ4v) is 2.42. The van der Waals surface area contributed by atoms with Gasteiger partial charge in [-0.15, -0.1) is 0 Å². The van der Waals surface area contributed by atoms with Gasteiger partial charge in [-0.1, -0.05) is 20.3 Å². The Kier molecular flexibility index (Phi) is 6.58. The Morgan fingerprint density at radius 3 is 2.09 bits per heavy atom. The number of likely N-dealkylation sites (tertiary alicyclic amines) is 1. The van der Waals surface area contributed by atoms with E-state index in [1.165, 1.54) is 13.8 Å². The monoisotopic (exact) mass is 331 g/mol. The maximum absolute atomic E-state index is 13.4. The van der Waals surface area contributed by atoms with E-state index in [-0.39, 0.29) is 6.42 Å². The minimum absolute atomic E-state index is 0.183. The van der Waals surface area contributed by atoms with Crippen molar-refractivity contribution in [2.75, 3.05) is 19.6 Å². The number of ether oxygens (including phenoxy) is 1. The predicted molar refractivity (Wildman–Crippen MR) is 70.6 cm³/mol. The molecule has 0 aromatic heterocycles. The molecule has 0 bridgehead atoms. The second-order valence-electron chi connectivity index (χ2n) is 5.93. The van der Waals surface area contributed by atoms with Crippen LogP contribution in [0.5, 0.6) is 0 Å². The van der Waals surface area contributed by atoms with E-state index in [1.54, 1.807) is 0 Å². The van der Waals surface area contributed by atoms with Crippen LogP contribution < -0.4 is 0 Å². The zero-order chi connectivity index (χ0) is 17.0. The number of rotatable bonds is 6. The summed E-state index contributed by atoms with van der Waals surface area (Å²) in [5.41, 5.74) is 0. The number of alkyl halides is 5. The van der Waals surface area contributed by atoms with Crippen molar-refractivity contribution in [2.24, 2.45) is 5.92 Å². The molecule has 1 unspecified atom stereocenters. The van der Waals surface area contributed by atoms with E-state index in [1.807, 2.05) is 4.90 Å². The molecule has 1 aliphatic rings. The average molecular weight is 331 g/mol. The molecule has 0 aromatic carbocycles. The fourth-order valence-electron chi connectivity index (χ4n) is 2.42. The summed E-state index contributed by atoms with van der Waals surface area (Å²) in [5, 5.41) is 0. The van der Waals surface area contributed by atoms with Crippen molar-refractivity contribution in [1.82, 2.24) is 4.90 Å². The number of piperidine rings is 1. The van der Waals surface area contributed by atoms with Gasteiger partial charge in [0, 0.05) is 6.54 Å². The summed E-state index contributed by atoms with van der Waals surface area (Å²) >= 11 is 0. The summed E-state index contributed by atoms with van der Waals surface area (Å²) in [7, 11) is 0. The van der Waals surface area contributed by atoms with Crippen LogP contribution in [0.1, 0.15) is 39.5 Å². The van der Waals surface area contributed by atoms with Crippen molar-refractivity contribution in [1.29, 1.82) is 0 Å². The number of nitrogens with zero attached hydrogens (tertiary/aromatic N) is 1. The van der Waals surface area contributed by atoms with Crippen LogP contribution in [-0.4, -0.2) is 48.7 Å². The zero-order valence-electron chi connectivity index (χ0n) is 12.8. The smallest absolute Gasteiger partial charge is 0.455 e. The summed E-state index contributed by atoms with van der Waals surface area (Å²) in [6, 6.07) is 0. The quantitative estimate of drug-likeness (QED) is 0.550. The van der Waals surface area contributed by atoms with Gasteiger partial charge in [-0.3, -0.25) is 4.79 Å². The largest absolute Gasteiger partial charge is 0.457 e. The van der Waals surface area contributed by atoms with Crippen molar-refractivity contribution < 1.29 is 31.5 Å². The minimum Gasteiger partial charge on any atom is -0.455 e. The molecule has 0 spiro atoms. The highest BCUT2D eigenvalue weighted by atomic mass is 19.4. The summed E-state index contributed by atoms with van der Waals surface area (Å²) in [4.78, 5) is 13.6. The molecule has 1 rings (SSSR count). The van der Waals surface area contributed by atoms with Crippen LogP contribution in [0.4, 0.5) is 22.0 Å². The van der Waals surface area contributed by atoms with E-state index in [0.717, 1.165) is 32.4 Å². The number of carbonyl (C=O) groups is 1. The van der Waals surface area contributed by atoms with Crippen LogP contribution in [0, 0.1) is 5.92 Å². The molecule has 22 heavy (non-hydrogen) atoms. The van der Waals surface area contributed by atoms with Crippen molar-refractivity contribution >= 4 is 5.97 Å². The van der Waals surface area contributed by atoms with Crippen LogP contribution in [-0.2, 0) is 9.53 Å². The lowest BCUT2D eigenvalue weighted by Gasteiger charge is -2.31. The van der Waals surface area contributed by atoms with Gasteiger partial charge in [-0.05, 0) is 31.8 Å². The second kappa shape index (κ2) is 7.57. The van der Waals surface area contributed by atoms with Crippen LogP contribution in [0.25, 0.3) is 0 Å². The topological polar surface area (TPSA) is 29.5 Å². The SMILES string of the molecule is CC(C)C(OC(=O)CCN1CCCCC1)C(F)(F)C(F)(F)F. The van der Waals surface area contributed by atoms with Gasteiger partial charge < -0.3 is 9.64 Å². The molecule has 1 fully saturated rings. The van der Waals surface area contributed by atoms with Crippen molar-refractivity contribution in [2.45, 2.75) is 57.7 Å². The van der Waals surface area contributed by atoms with Gasteiger partial charge in [0.25, 0.3) is 0 Å². The molecule has 8 heteroatoms. The second-order valence-corrected chi connectivity index (χ2v) is 5.93. The van der Waals surface area contributed by atoms with Gasteiger partial charge in [-0.2, -0.15) is 22.0 Å². The molecule has 1 saturated heterocycles. The van der Waals surface area contributed by atoms with Gasteiger partial charge in [0.15, 0.2) is 6.10 Å². The molecule has 0 aliphatic carbocycles. The highest BCUT2D eigenvalue weighted by molar-refractivity contribution is 5.69. The van der Waals surface area contributed by atoms with Crippen LogP contribution >= 0.6 is 0 Å². The number of carbonyl (C=O) groups excluding carboxylic acids is 1. The van der Waals surface area contributed by atoms with E-state index in [0.29, 0.717) is 6.54 Å². The molecule has 1 heterocycles. The standard InChI is InChI=1S/C14H22F5NO2/c1-10(2)12(13(15,16)14(17,18)19)22-11(21)6-9-20-7-4-3-5-8-20/h10,12H,3-9H2,1-2H3. The predicted octanol–water partition coefficient (Wildman–Crippen LogP) is 3.63. The van der Waals surface area contributed by atoms with E-state index >= 15 is 0 Å². The normalized spacial score (nSPS) is 19.3.